The Morgan fingerprint density at radius 3 is 2.10 bits per heavy atom. The summed E-state index contributed by atoms with van der Waals surface area (Å²) in [6.45, 7) is 0.382. The fourth-order valence-electron chi connectivity index (χ4n) is 3.21. The molecule has 0 saturated carbocycles. The lowest BCUT2D eigenvalue weighted by Gasteiger charge is -2.19. The highest BCUT2D eigenvalue weighted by molar-refractivity contribution is 7.93. The molecule has 150 valence electrons. The van der Waals surface area contributed by atoms with Crippen molar-refractivity contribution in [2.45, 2.75) is 16.2 Å². The van der Waals surface area contributed by atoms with Crippen molar-refractivity contribution < 1.29 is 16.8 Å². The first kappa shape index (κ1) is 19.8. The van der Waals surface area contributed by atoms with Crippen LogP contribution in [0.3, 0.4) is 0 Å². The molecule has 0 bridgehead atoms. The Balaban J connectivity index is 1.57. The van der Waals surface area contributed by atoms with Gasteiger partial charge in [0.05, 0.1) is 15.5 Å². The SMILES string of the molecule is O=S(=O)(Nc1ccc(S(=O)(=O)N2CCc3ccccc32)cc1)c1ccc(Cl)cc1. The van der Waals surface area contributed by atoms with Crippen molar-refractivity contribution in [3.05, 3.63) is 83.4 Å². The van der Waals surface area contributed by atoms with Crippen LogP contribution in [0.5, 0.6) is 0 Å². The van der Waals surface area contributed by atoms with Crippen LogP contribution in [0.15, 0.2) is 82.6 Å². The molecule has 1 N–H and O–H groups in total. The summed E-state index contributed by atoms with van der Waals surface area (Å²) >= 11 is 5.79. The largest absolute Gasteiger partial charge is 0.280 e. The van der Waals surface area contributed by atoms with Gasteiger partial charge in [0.1, 0.15) is 0 Å². The second kappa shape index (κ2) is 7.37. The molecule has 0 saturated heterocycles. The van der Waals surface area contributed by atoms with E-state index in [-0.39, 0.29) is 15.5 Å². The number of hydrogen-bond donors (Lipinski definition) is 1. The van der Waals surface area contributed by atoms with Crippen molar-refractivity contribution >= 4 is 43.0 Å². The Labute approximate surface area is 174 Å². The van der Waals surface area contributed by atoms with Gasteiger partial charge in [-0.15, -0.1) is 0 Å². The number of nitrogens with one attached hydrogen (secondary N) is 1. The number of nitrogens with zero attached hydrogens (tertiary/aromatic N) is 1. The number of fused-ring (bicyclic) bond motifs is 1. The first-order chi connectivity index (χ1) is 13.8. The molecule has 6 nitrogen and oxygen atoms in total. The van der Waals surface area contributed by atoms with E-state index in [1.807, 2.05) is 12.1 Å². The maximum absolute atomic E-state index is 13.0. The molecule has 9 heteroatoms. The zero-order valence-corrected chi connectivity index (χ0v) is 17.5. The van der Waals surface area contributed by atoms with Gasteiger partial charge in [-0.05, 0) is 66.6 Å². The van der Waals surface area contributed by atoms with E-state index in [0.29, 0.717) is 23.7 Å². The molecule has 0 unspecified atom stereocenters. The number of hydrogen-bond acceptors (Lipinski definition) is 4. The summed E-state index contributed by atoms with van der Waals surface area (Å²) in [6.07, 6.45) is 0.661. The van der Waals surface area contributed by atoms with Gasteiger partial charge < -0.3 is 0 Å². The van der Waals surface area contributed by atoms with Crippen LogP contribution in [-0.4, -0.2) is 23.4 Å². The van der Waals surface area contributed by atoms with Gasteiger partial charge in [0.2, 0.25) is 0 Å². The van der Waals surface area contributed by atoms with Crippen LogP contribution in [0.2, 0.25) is 5.02 Å². The minimum absolute atomic E-state index is 0.0623. The summed E-state index contributed by atoms with van der Waals surface area (Å²) in [7, 11) is -7.53. The normalized spacial score (nSPS) is 13.9. The van der Waals surface area contributed by atoms with Crippen LogP contribution in [0, 0.1) is 0 Å². The number of halogens is 1. The van der Waals surface area contributed by atoms with Crippen molar-refractivity contribution in [2.75, 3.05) is 15.6 Å². The molecule has 3 aromatic rings. The molecule has 0 atom stereocenters. The Morgan fingerprint density at radius 2 is 1.41 bits per heavy atom. The molecule has 29 heavy (non-hydrogen) atoms. The van der Waals surface area contributed by atoms with E-state index in [4.69, 9.17) is 11.6 Å². The smallest absolute Gasteiger partial charge is 0.264 e. The van der Waals surface area contributed by atoms with Crippen LogP contribution >= 0.6 is 11.6 Å². The predicted octanol–water partition coefficient (Wildman–Crippen LogP) is 3.89. The fourth-order valence-corrected chi connectivity index (χ4v) is 5.90. The zero-order valence-electron chi connectivity index (χ0n) is 15.1. The third-order valence-electron chi connectivity index (χ3n) is 4.66. The first-order valence-corrected chi connectivity index (χ1v) is 12.1. The number of rotatable bonds is 5. The molecule has 1 heterocycles. The number of sulfonamides is 2. The van der Waals surface area contributed by atoms with Crippen LogP contribution < -0.4 is 9.03 Å². The maximum Gasteiger partial charge on any atom is 0.264 e. The second-order valence-electron chi connectivity index (χ2n) is 6.54. The van der Waals surface area contributed by atoms with Gasteiger partial charge in [-0.25, -0.2) is 16.8 Å². The van der Waals surface area contributed by atoms with E-state index < -0.39 is 20.0 Å². The summed E-state index contributed by atoms with van der Waals surface area (Å²) in [5, 5.41) is 0.432. The topological polar surface area (TPSA) is 83.5 Å². The molecule has 0 spiro atoms. The molecular weight excluding hydrogens is 432 g/mol. The standard InChI is InChI=1S/C20H17ClN2O4S2/c21-16-5-9-18(10-6-16)28(24,25)22-17-7-11-19(12-8-17)29(26,27)23-14-13-15-3-1-2-4-20(15)23/h1-12,22H,13-14H2. The molecule has 0 fully saturated rings. The van der Waals surface area contributed by atoms with Crippen molar-refractivity contribution in [1.29, 1.82) is 0 Å². The molecule has 0 radical (unpaired) electrons. The molecule has 1 aliphatic rings. The zero-order chi connectivity index (χ0) is 20.6. The molecular formula is C20H17ClN2O4S2. The summed E-state index contributed by atoms with van der Waals surface area (Å²) in [5.74, 6) is 0. The molecule has 0 amide bonds. The molecule has 0 aromatic heterocycles. The lowest BCUT2D eigenvalue weighted by atomic mass is 10.2. The van der Waals surface area contributed by atoms with Gasteiger partial charge >= 0.3 is 0 Å². The van der Waals surface area contributed by atoms with Gasteiger partial charge in [-0.3, -0.25) is 9.03 Å². The summed E-state index contributed by atoms with van der Waals surface area (Å²) in [6, 6.07) is 18.8. The average Bonchev–Trinajstić information content (AvgIpc) is 3.13. The van der Waals surface area contributed by atoms with Crippen molar-refractivity contribution in [1.82, 2.24) is 0 Å². The fraction of sp³-hybridized carbons (Fsp3) is 0.100. The monoisotopic (exact) mass is 448 g/mol. The highest BCUT2D eigenvalue weighted by atomic mass is 35.5. The van der Waals surface area contributed by atoms with Crippen LogP contribution in [0.25, 0.3) is 0 Å². The van der Waals surface area contributed by atoms with E-state index in [2.05, 4.69) is 4.72 Å². The maximum atomic E-state index is 13.0. The number of para-hydroxylation sites is 1. The molecule has 4 rings (SSSR count). The average molecular weight is 449 g/mol. The van der Waals surface area contributed by atoms with E-state index in [9.17, 15) is 16.8 Å². The number of anilines is 2. The molecule has 1 aliphatic heterocycles. The summed E-state index contributed by atoms with van der Waals surface area (Å²) < 4.78 is 54.8. The third-order valence-corrected chi connectivity index (χ3v) is 8.14. The Bertz CT molecular complexity index is 1260. The van der Waals surface area contributed by atoms with Crippen LogP contribution in [-0.2, 0) is 26.5 Å². The summed E-state index contributed by atoms with van der Waals surface area (Å²) in [5.41, 5.74) is 1.93. The van der Waals surface area contributed by atoms with Gasteiger partial charge in [0, 0.05) is 17.3 Å². The van der Waals surface area contributed by atoms with Crippen molar-refractivity contribution in [3.8, 4) is 0 Å². The minimum atomic E-state index is -3.80. The predicted molar refractivity (Wildman–Crippen MR) is 113 cm³/mol. The lowest BCUT2D eigenvalue weighted by Crippen LogP contribution is -2.29. The molecule has 3 aromatic carbocycles. The van der Waals surface area contributed by atoms with Crippen molar-refractivity contribution in [3.63, 3.8) is 0 Å². The van der Waals surface area contributed by atoms with Crippen molar-refractivity contribution in [2.24, 2.45) is 0 Å². The highest BCUT2D eigenvalue weighted by Gasteiger charge is 2.30. The van der Waals surface area contributed by atoms with Gasteiger partial charge in [-0.2, -0.15) is 0 Å². The second-order valence-corrected chi connectivity index (χ2v) is 10.5. The first-order valence-electron chi connectivity index (χ1n) is 8.76. The van der Waals surface area contributed by atoms with Crippen LogP contribution in [0.4, 0.5) is 11.4 Å². The van der Waals surface area contributed by atoms with E-state index in [0.717, 1.165) is 5.56 Å². The lowest BCUT2D eigenvalue weighted by molar-refractivity contribution is 0.592. The van der Waals surface area contributed by atoms with Crippen LogP contribution in [0.1, 0.15) is 5.56 Å². The van der Waals surface area contributed by atoms with Gasteiger partial charge in [0.25, 0.3) is 20.0 Å². The van der Waals surface area contributed by atoms with Gasteiger partial charge in [0.15, 0.2) is 0 Å². The third kappa shape index (κ3) is 3.83. The minimum Gasteiger partial charge on any atom is -0.280 e. The highest BCUT2D eigenvalue weighted by Crippen LogP contribution is 2.33. The molecule has 0 aliphatic carbocycles. The van der Waals surface area contributed by atoms with Gasteiger partial charge in [-0.1, -0.05) is 29.8 Å². The van der Waals surface area contributed by atoms with E-state index in [1.54, 1.807) is 12.1 Å². The summed E-state index contributed by atoms with van der Waals surface area (Å²) in [4.78, 5) is 0.163. The Kier molecular flexibility index (Phi) is 5.02. The van der Waals surface area contributed by atoms with E-state index >= 15 is 0 Å². The Hall–Kier alpha value is -2.55. The number of benzene rings is 3. The van der Waals surface area contributed by atoms with E-state index in [1.165, 1.54) is 52.8 Å². The Morgan fingerprint density at radius 1 is 0.793 bits per heavy atom. The quantitative estimate of drug-likeness (QED) is 0.641.